The Kier molecular flexibility index (Phi) is 4.49. The summed E-state index contributed by atoms with van der Waals surface area (Å²) in [6.07, 6.45) is 1.35. The number of anilines is 1. The van der Waals surface area contributed by atoms with Gasteiger partial charge in [-0.15, -0.1) is 5.10 Å². The Bertz CT molecular complexity index is 1080. The molecular weight excluding hydrogens is 348 g/mol. The molecule has 0 saturated carbocycles. The lowest BCUT2D eigenvalue weighted by Crippen LogP contribution is -2.10. The second-order valence-electron chi connectivity index (χ2n) is 5.74. The summed E-state index contributed by atoms with van der Waals surface area (Å²) in [4.78, 5) is 17.4. The van der Waals surface area contributed by atoms with Crippen molar-refractivity contribution in [3.05, 3.63) is 48.5 Å². The molecule has 130 valence electrons. The first-order valence-electron chi connectivity index (χ1n) is 8.29. The molecule has 1 amide bonds. The second kappa shape index (κ2) is 7.09. The molecule has 0 atom stereocenters. The van der Waals surface area contributed by atoms with Gasteiger partial charge in [-0.05, 0) is 53.2 Å². The number of benzene rings is 2. The van der Waals surface area contributed by atoms with Crippen molar-refractivity contribution in [1.29, 1.82) is 0 Å². The summed E-state index contributed by atoms with van der Waals surface area (Å²) >= 11 is 1.49. The molecule has 7 nitrogen and oxygen atoms in total. The van der Waals surface area contributed by atoms with Crippen LogP contribution in [0.3, 0.4) is 0 Å². The van der Waals surface area contributed by atoms with Crippen LogP contribution >= 0.6 is 11.8 Å². The minimum absolute atomic E-state index is 0.0281. The highest BCUT2D eigenvalue weighted by Gasteiger charge is 2.12. The van der Waals surface area contributed by atoms with Gasteiger partial charge in [0.2, 0.25) is 11.6 Å². The van der Waals surface area contributed by atoms with Gasteiger partial charge in [0.1, 0.15) is 5.03 Å². The largest absolute Gasteiger partial charge is 0.326 e. The SMILES string of the molecule is CCCC(=O)Nc1ccc(Sc2nc3ccccc3n3nnnc23)cc1. The van der Waals surface area contributed by atoms with E-state index in [4.69, 9.17) is 4.98 Å². The van der Waals surface area contributed by atoms with Crippen LogP contribution in [0.25, 0.3) is 16.7 Å². The third-order valence-corrected chi connectivity index (χ3v) is 4.80. The zero-order valence-electron chi connectivity index (χ0n) is 14.1. The maximum Gasteiger partial charge on any atom is 0.224 e. The summed E-state index contributed by atoms with van der Waals surface area (Å²) in [5.74, 6) is 0.0281. The molecule has 0 aliphatic rings. The van der Waals surface area contributed by atoms with Gasteiger partial charge in [0.25, 0.3) is 0 Å². The minimum atomic E-state index is 0.0281. The topological polar surface area (TPSA) is 85.1 Å². The molecule has 1 N–H and O–H groups in total. The number of tetrazole rings is 1. The zero-order valence-corrected chi connectivity index (χ0v) is 14.9. The molecule has 0 saturated heterocycles. The van der Waals surface area contributed by atoms with Crippen molar-refractivity contribution in [3.8, 4) is 0 Å². The van der Waals surface area contributed by atoms with Crippen molar-refractivity contribution in [3.63, 3.8) is 0 Å². The number of nitrogens with one attached hydrogen (secondary N) is 1. The van der Waals surface area contributed by atoms with Crippen LogP contribution in [0.1, 0.15) is 19.8 Å². The molecule has 2 aromatic carbocycles. The van der Waals surface area contributed by atoms with Gasteiger partial charge in [-0.1, -0.05) is 30.8 Å². The summed E-state index contributed by atoms with van der Waals surface area (Å²) in [6.45, 7) is 1.98. The summed E-state index contributed by atoms with van der Waals surface area (Å²) < 4.78 is 1.70. The van der Waals surface area contributed by atoms with E-state index in [9.17, 15) is 4.79 Å². The first-order valence-corrected chi connectivity index (χ1v) is 9.11. The van der Waals surface area contributed by atoms with Crippen LogP contribution in [0.2, 0.25) is 0 Å². The number of rotatable bonds is 5. The Hall–Kier alpha value is -3.00. The Labute approximate surface area is 153 Å². The fourth-order valence-corrected chi connectivity index (χ4v) is 3.47. The fraction of sp³-hybridized carbons (Fsp3) is 0.167. The van der Waals surface area contributed by atoms with Gasteiger partial charge in [-0.3, -0.25) is 4.79 Å². The van der Waals surface area contributed by atoms with E-state index < -0.39 is 0 Å². The Morgan fingerprint density at radius 3 is 2.77 bits per heavy atom. The third kappa shape index (κ3) is 3.23. The third-order valence-electron chi connectivity index (χ3n) is 3.82. The van der Waals surface area contributed by atoms with E-state index in [0.29, 0.717) is 12.1 Å². The normalized spacial score (nSPS) is 11.1. The maximum absolute atomic E-state index is 11.7. The number of aromatic nitrogens is 5. The van der Waals surface area contributed by atoms with E-state index in [2.05, 4.69) is 20.8 Å². The van der Waals surface area contributed by atoms with Gasteiger partial charge in [-0.2, -0.15) is 4.52 Å². The van der Waals surface area contributed by atoms with E-state index in [1.54, 1.807) is 4.52 Å². The molecule has 4 aromatic rings. The highest BCUT2D eigenvalue weighted by Crippen LogP contribution is 2.31. The highest BCUT2D eigenvalue weighted by molar-refractivity contribution is 7.99. The quantitative estimate of drug-likeness (QED) is 0.583. The molecule has 0 aliphatic carbocycles. The van der Waals surface area contributed by atoms with Crippen LogP contribution in [0.5, 0.6) is 0 Å². The Morgan fingerprint density at radius 2 is 1.96 bits per heavy atom. The van der Waals surface area contributed by atoms with E-state index in [1.165, 1.54) is 11.8 Å². The summed E-state index contributed by atoms with van der Waals surface area (Å²) in [5, 5.41) is 15.6. The lowest BCUT2D eigenvalue weighted by atomic mass is 10.3. The fourth-order valence-electron chi connectivity index (χ4n) is 2.62. The number of carbonyl (C=O) groups excluding carboxylic acids is 1. The molecule has 0 spiro atoms. The summed E-state index contributed by atoms with van der Waals surface area (Å²) in [6, 6.07) is 15.4. The first-order chi connectivity index (χ1) is 12.7. The molecular formula is C18H16N6OS. The second-order valence-corrected chi connectivity index (χ2v) is 6.81. The van der Waals surface area contributed by atoms with Crippen LogP contribution in [0.15, 0.2) is 58.5 Å². The van der Waals surface area contributed by atoms with Gasteiger partial charge in [-0.25, -0.2) is 4.98 Å². The van der Waals surface area contributed by atoms with Crippen LogP contribution in [-0.4, -0.2) is 30.9 Å². The maximum atomic E-state index is 11.7. The molecule has 4 rings (SSSR count). The van der Waals surface area contributed by atoms with Gasteiger partial charge in [0, 0.05) is 17.0 Å². The molecule has 2 aromatic heterocycles. The standard InChI is InChI=1S/C18H16N6OS/c1-2-5-16(25)19-12-8-10-13(11-9-12)26-18-17-21-22-23-24(17)15-7-4-3-6-14(15)20-18/h3-4,6-11H,2,5H2,1H3,(H,19,25). The van der Waals surface area contributed by atoms with Crippen molar-refractivity contribution < 1.29 is 4.79 Å². The predicted molar refractivity (Wildman–Crippen MR) is 100 cm³/mol. The van der Waals surface area contributed by atoms with Gasteiger partial charge < -0.3 is 5.32 Å². The van der Waals surface area contributed by atoms with Crippen molar-refractivity contribution >= 4 is 40.0 Å². The van der Waals surface area contributed by atoms with Crippen molar-refractivity contribution in [2.45, 2.75) is 29.7 Å². The van der Waals surface area contributed by atoms with Gasteiger partial charge >= 0.3 is 0 Å². The van der Waals surface area contributed by atoms with Crippen LogP contribution in [-0.2, 0) is 4.79 Å². The van der Waals surface area contributed by atoms with Crippen molar-refractivity contribution in [2.75, 3.05) is 5.32 Å². The van der Waals surface area contributed by atoms with Crippen LogP contribution < -0.4 is 5.32 Å². The monoisotopic (exact) mass is 364 g/mol. The average molecular weight is 364 g/mol. The molecule has 0 fully saturated rings. The van der Waals surface area contributed by atoms with Crippen LogP contribution in [0, 0.1) is 0 Å². The zero-order chi connectivity index (χ0) is 17.9. The molecule has 0 aliphatic heterocycles. The number of fused-ring (bicyclic) bond motifs is 3. The highest BCUT2D eigenvalue weighted by atomic mass is 32.2. The van der Waals surface area contributed by atoms with Crippen molar-refractivity contribution in [2.24, 2.45) is 0 Å². The van der Waals surface area contributed by atoms with E-state index >= 15 is 0 Å². The smallest absolute Gasteiger partial charge is 0.224 e. The number of para-hydroxylation sites is 2. The summed E-state index contributed by atoms with van der Waals surface area (Å²) in [5.41, 5.74) is 3.10. The van der Waals surface area contributed by atoms with E-state index in [-0.39, 0.29) is 5.91 Å². The van der Waals surface area contributed by atoms with E-state index in [1.807, 2.05) is 55.5 Å². The molecule has 26 heavy (non-hydrogen) atoms. The van der Waals surface area contributed by atoms with Gasteiger partial charge in [0.05, 0.1) is 11.0 Å². The molecule has 0 bridgehead atoms. The van der Waals surface area contributed by atoms with Crippen LogP contribution in [0.4, 0.5) is 5.69 Å². The molecule has 0 unspecified atom stereocenters. The lowest BCUT2D eigenvalue weighted by Gasteiger charge is -2.07. The predicted octanol–water partition coefficient (Wildman–Crippen LogP) is 3.56. The molecule has 2 heterocycles. The lowest BCUT2D eigenvalue weighted by molar-refractivity contribution is -0.116. The van der Waals surface area contributed by atoms with E-state index in [0.717, 1.165) is 33.1 Å². The molecule has 0 radical (unpaired) electrons. The van der Waals surface area contributed by atoms with Gasteiger partial charge in [0.15, 0.2) is 0 Å². The number of carbonyl (C=O) groups is 1. The number of hydrogen-bond donors (Lipinski definition) is 1. The summed E-state index contributed by atoms with van der Waals surface area (Å²) in [7, 11) is 0. The number of hydrogen-bond acceptors (Lipinski definition) is 6. The van der Waals surface area contributed by atoms with Crippen molar-refractivity contribution in [1.82, 2.24) is 25.0 Å². The Morgan fingerprint density at radius 1 is 1.15 bits per heavy atom. The minimum Gasteiger partial charge on any atom is -0.326 e. The number of nitrogens with zero attached hydrogens (tertiary/aromatic N) is 5. The average Bonchev–Trinajstić information content (AvgIpc) is 3.14. The molecule has 8 heteroatoms. The first kappa shape index (κ1) is 16.5. The number of amides is 1. The Balaban J connectivity index is 1.62.